The third-order valence-corrected chi connectivity index (χ3v) is 5.12. The summed E-state index contributed by atoms with van der Waals surface area (Å²) in [6.45, 7) is 0. The highest BCUT2D eigenvalue weighted by atomic mass is 35.5. The number of nitrogens with two attached hydrogens (primary N) is 1. The Morgan fingerprint density at radius 1 is 1.00 bits per heavy atom. The number of hydrogen-bond acceptors (Lipinski definition) is 5. The summed E-state index contributed by atoms with van der Waals surface area (Å²) in [6, 6.07) is 24.9. The number of aromatic nitrogens is 1. The summed E-state index contributed by atoms with van der Waals surface area (Å²) >= 11 is 5.99. The van der Waals surface area contributed by atoms with E-state index in [0.717, 1.165) is 17.1 Å². The minimum Gasteiger partial charge on any atom is -0.317 e. The lowest BCUT2D eigenvalue weighted by Gasteiger charge is -2.21. The van der Waals surface area contributed by atoms with Crippen LogP contribution in [0, 0.1) is 28.6 Å². The molecule has 0 fully saturated rings. The fraction of sp³-hybridized carbons (Fsp3) is 0.0870. The van der Waals surface area contributed by atoms with Crippen molar-refractivity contribution in [1.29, 1.82) is 10.5 Å². The summed E-state index contributed by atoms with van der Waals surface area (Å²) in [4.78, 5) is 0. The second-order valence-electron chi connectivity index (χ2n) is 6.71. The van der Waals surface area contributed by atoms with E-state index >= 15 is 0 Å². The Kier molecular flexibility index (Phi) is 5.36. The zero-order valence-corrected chi connectivity index (χ0v) is 16.6. The molecule has 30 heavy (non-hydrogen) atoms. The van der Waals surface area contributed by atoms with Crippen LogP contribution >= 0.6 is 11.6 Å². The zero-order chi connectivity index (χ0) is 21.1. The number of para-hydroxylation sites is 1. The van der Waals surface area contributed by atoms with Crippen LogP contribution in [0.2, 0.25) is 5.02 Å². The van der Waals surface area contributed by atoms with Gasteiger partial charge < -0.3 is 10.3 Å². The normalized spacial score (nSPS) is 18.6. The van der Waals surface area contributed by atoms with Gasteiger partial charge in [-0.15, -0.1) is 0 Å². The van der Waals surface area contributed by atoms with Gasteiger partial charge in [-0.05, 0) is 54.6 Å². The second-order valence-corrected chi connectivity index (χ2v) is 7.15. The number of hydrogen-bond donors (Lipinski definition) is 1. The van der Waals surface area contributed by atoms with Gasteiger partial charge in [-0.1, -0.05) is 29.8 Å². The first-order chi connectivity index (χ1) is 14.6. The van der Waals surface area contributed by atoms with Gasteiger partial charge in [0.1, 0.15) is 18.2 Å². The number of rotatable bonds is 4. The third-order valence-electron chi connectivity index (χ3n) is 4.87. The molecule has 0 amide bonds. The van der Waals surface area contributed by atoms with Crippen LogP contribution in [0.15, 0.2) is 83.6 Å². The standard InChI is InChI=1S/C23H17ClN6/c24-17-8-10-18(11-9-17)29-12-4-7-20(29)13-16(14-25)22-21(15-26)23(27)30(28-22)19-5-2-1-3-6-19/h1-13,21,23H,27H2/b16-13-/t21-,23-/m1/s1. The van der Waals surface area contributed by atoms with E-state index in [1.165, 1.54) is 0 Å². The smallest absolute Gasteiger partial charge is 0.127 e. The van der Waals surface area contributed by atoms with Crippen molar-refractivity contribution in [3.63, 3.8) is 0 Å². The van der Waals surface area contributed by atoms with Gasteiger partial charge in [0, 0.05) is 22.6 Å². The average molecular weight is 413 g/mol. The van der Waals surface area contributed by atoms with E-state index in [9.17, 15) is 10.5 Å². The number of allylic oxidation sites excluding steroid dienone is 1. The summed E-state index contributed by atoms with van der Waals surface area (Å²) < 4.78 is 1.93. The van der Waals surface area contributed by atoms with Crippen molar-refractivity contribution in [2.45, 2.75) is 6.17 Å². The molecule has 2 atom stereocenters. The molecule has 0 unspecified atom stereocenters. The predicted octanol–water partition coefficient (Wildman–Crippen LogP) is 4.34. The molecule has 0 aliphatic carbocycles. The first-order valence-electron chi connectivity index (χ1n) is 9.26. The minimum atomic E-state index is -0.727. The zero-order valence-electron chi connectivity index (χ0n) is 15.9. The molecule has 3 aromatic rings. The van der Waals surface area contributed by atoms with Crippen molar-refractivity contribution >= 4 is 29.1 Å². The molecule has 2 aromatic carbocycles. The van der Waals surface area contributed by atoms with Gasteiger partial charge in [-0.25, -0.2) is 5.01 Å². The highest BCUT2D eigenvalue weighted by Gasteiger charge is 2.37. The monoisotopic (exact) mass is 412 g/mol. The van der Waals surface area contributed by atoms with Crippen molar-refractivity contribution in [2.24, 2.45) is 16.8 Å². The fourth-order valence-electron chi connectivity index (χ4n) is 3.38. The number of benzene rings is 2. The van der Waals surface area contributed by atoms with Gasteiger partial charge in [0.15, 0.2) is 0 Å². The van der Waals surface area contributed by atoms with E-state index in [2.05, 4.69) is 17.2 Å². The average Bonchev–Trinajstić information content (AvgIpc) is 3.37. The highest BCUT2D eigenvalue weighted by molar-refractivity contribution is 6.30. The minimum absolute atomic E-state index is 0.296. The van der Waals surface area contributed by atoms with E-state index in [1.54, 1.807) is 23.2 Å². The first-order valence-corrected chi connectivity index (χ1v) is 9.63. The van der Waals surface area contributed by atoms with Crippen LogP contribution in [0.25, 0.3) is 11.8 Å². The van der Waals surface area contributed by atoms with E-state index in [1.807, 2.05) is 65.4 Å². The molecule has 1 aromatic heterocycles. The quantitative estimate of drug-likeness (QED) is 0.645. The lowest BCUT2D eigenvalue weighted by atomic mass is 9.96. The van der Waals surface area contributed by atoms with Crippen LogP contribution in [0.1, 0.15) is 5.69 Å². The first kappa shape index (κ1) is 19.5. The van der Waals surface area contributed by atoms with Gasteiger partial charge >= 0.3 is 0 Å². The van der Waals surface area contributed by atoms with Crippen molar-refractivity contribution in [2.75, 3.05) is 5.01 Å². The van der Waals surface area contributed by atoms with Gasteiger partial charge in [0.05, 0.1) is 23.0 Å². The van der Waals surface area contributed by atoms with Crippen LogP contribution in [0.3, 0.4) is 0 Å². The molecule has 2 heterocycles. The van der Waals surface area contributed by atoms with E-state index in [-0.39, 0.29) is 0 Å². The van der Waals surface area contributed by atoms with Crippen molar-refractivity contribution < 1.29 is 0 Å². The van der Waals surface area contributed by atoms with E-state index in [0.29, 0.717) is 16.3 Å². The van der Waals surface area contributed by atoms with Crippen LogP contribution in [0.4, 0.5) is 5.69 Å². The van der Waals surface area contributed by atoms with Crippen molar-refractivity contribution in [1.82, 2.24) is 4.57 Å². The predicted molar refractivity (Wildman–Crippen MR) is 118 cm³/mol. The third kappa shape index (κ3) is 3.58. The molecular weight excluding hydrogens is 396 g/mol. The van der Waals surface area contributed by atoms with Gasteiger partial charge in [-0.3, -0.25) is 0 Å². The summed E-state index contributed by atoms with van der Waals surface area (Å²) in [5, 5.41) is 26.3. The maximum absolute atomic E-state index is 9.84. The molecule has 7 heteroatoms. The van der Waals surface area contributed by atoms with Crippen molar-refractivity contribution in [3.05, 3.63) is 89.2 Å². The molecule has 1 aliphatic rings. The van der Waals surface area contributed by atoms with E-state index in [4.69, 9.17) is 17.3 Å². The number of nitrogens with zero attached hydrogens (tertiary/aromatic N) is 5. The second kappa shape index (κ2) is 8.26. The Labute approximate surface area is 179 Å². The Morgan fingerprint density at radius 3 is 2.40 bits per heavy atom. The molecular formula is C23H17ClN6. The number of halogens is 1. The Hall–Kier alpha value is -3.84. The molecule has 0 bridgehead atoms. The van der Waals surface area contributed by atoms with E-state index < -0.39 is 12.1 Å². The van der Waals surface area contributed by atoms with Crippen LogP contribution in [0.5, 0.6) is 0 Å². The molecule has 0 radical (unpaired) electrons. The van der Waals surface area contributed by atoms with Crippen molar-refractivity contribution in [3.8, 4) is 17.8 Å². The molecule has 1 aliphatic heterocycles. The maximum Gasteiger partial charge on any atom is 0.127 e. The summed E-state index contributed by atoms with van der Waals surface area (Å²) in [5.74, 6) is -0.727. The van der Waals surface area contributed by atoms with Crippen LogP contribution < -0.4 is 10.7 Å². The molecule has 146 valence electrons. The molecule has 0 spiro atoms. The molecule has 0 saturated carbocycles. The summed E-state index contributed by atoms with van der Waals surface area (Å²) in [6.07, 6.45) is 2.94. The fourth-order valence-corrected chi connectivity index (χ4v) is 3.50. The SMILES string of the molecule is N#C/C(=C/c1cccn1-c1ccc(Cl)cc1)C1=NN(c2ccccc2)[C@@H](N)[C@@H]1C#N. The number of nitriles is 2. The maximum atomic E-state index is 9.84. The lowest BCUT2D eigenvalue weighted by Crippen LogP contribution is -2.40. The van der Waals surface area contributed by atoms with Crippen LogP contribution in [-0.4, -0.2) is 16.4 Å². The highest BCUT2D eigenvalue weighted by Crippen LogP contribution is 2.29. The van der Waals surface area contributed by atoms with Gasteiger partial charge in [0.2, 0.25) is 0 Å². The number of anilines is 1. The van der Waals surface area contributed by atoms with Gasteiger partial charge in [-0.2, -0.15) is 15.6 Å². The Balaban J connectivity index is 1.75. The van der Waals surface area contributed by atoms with Crippen LogP contribution in [-0.2, 0) is 0 Å². The number of hydrazone groups is 1. The Morgan fingerprint density at radius 2 is 1.73 bits per heavy atom. The summed E-state index contributed by atoms with van der Waals surface area (Å²) in [5.41, 5.74) is 9.40. The molecule has 0 saturated heterocycles. The topological polar surface area (TPSA) is 94.1 Å². The lowest BCUT2D eigenvalue weighted by molar-refractivity contribution is 0.624. The molecule has 4 rings (SSSR count). The molecule has 2 N–H and O–H groups in total. The summed E-state index contributed by atoms with van der Waals surface area (Å²) in [7, 11) is 0. The Bertz CT molecular complexity index is 1190. The largest absolute Gasteiger partial charge is 0.317 e. The molecule has 6 nitrogen and oxygen atoms in total. The van der Waals surface area contributed by atoms with Gasteiger partial charge in [0.25, 0.3) is 0 Å².